The van der Waals surface area contributed by atoms with Gasteiger partial charge >= 0.3 is 0 Å². The summed E-state index contributed by atoms with van der Waals surface area (Å²) in [5.74, 6) is 0.403. The number of halogens is 1. The zero-order valence-corrected chi connectivity index (χ0v) is 12.6. The van der Waals surface area contributed by atoms with E-state index in [-0.39, 0.29) is 11.9 Å². The molecule has 1 atom stereocenters. The Morgan fingerprint density at radius 3 is 2.90 bits per heavy atom. The fourth-order valence-corrected chi connectivity index (χ4v) is 2.07. The maximum Gasteiger partial charge on any atom is 0.134 e. The molecule has 1 heterocycles. The number of benzene rings is 1. The summed E-state index contributed by atoms with van der Waals surface area (Å²) in [7, 11) is 1.80. The molecule has 1 aromatic heterocycles. The van der Waals surface area contributed by atoms with Crippen molar-refractivity contribution in [2.75, 3.05) is 6.54 Å². The third-order valence-corrected chi connectivity index (χ3v) is 3.16. The van der Waals surface area contributed by atoms with Crippen LogP contribution in [0.5, 0.6) is 5.75 Å². The van der Waals surface area contributed by atoms with Crippen molar-refractivity contribution in [2.45, 2.75) is 32.9 Å². The minimum atomic E-state index is -0.262. The first-order valence-corrected chi connectivity index (χ1v) is 7.11. The zero-order valence-electron chi connectivity index (χ0n) is 12.6. The summed E-state index contributed by atoms with van der Waals surface area (Å²) in [6.07, 6.45) is 2.82. The number of hydrogen-bond donors (Lipinski definition) is 1. The number of rotatable bonds is 7. The van der Waals surface area contributed by atoms with Crippen molar-refractivity contribution in [1.82, 2.24) is 20.3 Å². The lowest BCUT2D eigenvalue weighted by Crippen LogP contribution is -2.20. The molecule has 6 heteroatoms. The van der Waals surface area contributed by atoms with Crippen LogP contribution in [0.2, 0.25) is 0 Å². The van der Waals surface area contributed by atoms with Crippen molar-refractivity contribution in [3.8, 4) is 5.75 Å². The molecule has 2 aromatic rings. The van der Waals surface area contributed by atoms with Crippen LogP contribution in [0.25, 0.3) is 0 Å². The van der Waals surface area contributed by atoms with Gasteiger partial charge in [0.05, 0.1) is 6.20 Å². The maximum absolute atomic E-state index is 13.5. The molecule has 114 valence electrons. The van der Waals surface area contributed by atoms with Crippen LogP contribution in [0.3, 0.4) is 0 Å². The van der Waals surface area contributed by atoms with Gasteiger partial charge in [-0.05, 0) is 38.1 Å². The Balaban J connectivity index is 2.10. The number of nitrogens with zero attached hydrogens (tertiary/aromatic N) is 3. The van der Waals surface area contributed by atoms with Gasteiger partial charge in [-0.1, -0.05) is 12.1 Å². The highest BCUT2D eigenvalue weighted by Crippen LogP contribution is 2.26. The first kappa shape index (κ1) is 15.4. The van der Waals surface area contributed by atoms with Gasteiger partial charge in [-0.3, -0.25) is 4.68 Å². The van der Waals surface area contributed by atoms with Gasteiger partial charge in [-0.15, -0.1) is 5.10 Å². The fourth-order valence-electron chi connectivity index (χ4n) is 2.07. The molecule has 2 rings (SSSR count). The zero-order chi connectivity index (χ0) is 15.2. The molecule has 0 aliphatic rings. The molecule has 0 saturated heterocycles. The molecule has 0 spiro atoms. The number of aryl methyl sites for hydroxylation is 1. The van der Waals surface area contributed by atoms with Crippen LogP contribution in [0.15, 0.2) is 24.4 Å². The highest BCUT2D eigenvalue weighted by atomic mass is 19.1. The second-order valence-corrected chi connectivity index (χ2v) is 5.03. The predicted octanol–water partition coefficient (Wildman–Crippen LogP) is 2.59. The minimum Gasteiger partial charge on any atom is -0.487 e. The summed E-state index contributed by atoms with van der Waals surface area (Å²) in [5, 5.41) is 11.2. The molecule has 0 aliphatic carbocycles. The van der Waals surface area contributed by atoms with E-state index in [0.29, 0.717) is 12.4 Å². The first-order chi connectivity index (χ1) is 10.1. The van der Waals surface area contributed by atoms with Crippen molar-refractivity contribution in [1.29, 1.82) is 0 Å². The number of ether oxygens (including phenoxy) is 1. The molecule has 1 aromatic carbocycles. The predicted molar refractivity (Wildman–Crippen MR) is 78.4 cm³/mol. The quantitative estimate of drug-likeness (QED) is 0.852. The van der Waals surface area contributed by atoms with Gasteiger partial charge in [0.25, 0.3) is 0 Å². The molecule has 0 aliphatic heterocycles. The molecular weight excluding hydrogens is 271 g/mol. The summed E-state index contributed by atoms with van der Waals surface area (Å²) in [5.41, 5.74) is 1.55. The molecule has 5 nitrogen and oxygen atoms in total. The molecule has 0 amide bonds. The van der Waals surface area contributed by atoms with Crippen molar-refractivity contribution in [3.63, 3.8) is 0 Å². The van der Waals surface area contributed by atoms with Crippen molar-refractivity contribution < 1.29 is 9.13 Å². The Morgan fingerprint density at radius 1 is 1.43 bits per heavy atom. The Labute approximate surface area is 124 Å². The van der Waals surface area contributed by atoms with E-state index < -0.39 is 0 Å². The van der Waals surface area contributed by atoms with E-state index in [1.54, 1.807) is 24.0 Å². The lowest BCUT2D eigenvalue weighted by atomic mass is 10.1. The third-order valence-electron chi connectivity index (χ3n) is 3.16. The van der Waals surface area contributed by atoms with Crippen LogP contribution in [0.1, 0.15) is 37.6 Å². The monoisotopic (exact) mass is 292 g/mol. The summed E-state index contributed by atoms with van der Waals surface area (Å²) < 4.78 is 20.9. The van der Waals surface area contributed by atoms with E-state index in [1.165, 1.54) is 12.1 Å². The van der Waals surface area contributed by atoms with Gasteiger partial charge in [0.2, 0.25) is 0 Å². The molecule has 21 heavy (non-hydrogen) atoms. The van der Waals surface area contributed by atoms with Gasteiger partial charge in [0, 0.05) is 18.7 Å². The van der Waals surface area contributed by atoms with Crippen LogP contribution in [0, 0.1) is 5.82 Å². The molecular formula is C15H21FN4O. The SMILES string of the molecule is CCCNC(C)c1cc(F)ccc1OCc1cn(C)nn1. The summed E-state index contributed by atoms with van der Waals surface area (Å²) in [6.45, 7) is 5.28. The Hall–Kier alpha value is -1.95. The van der Waals surface area contributed by atoms with E-state index in [4.69, 9.17) is 4.74 Å². The average molecular weight is 292 g/mol. The topological polar surface area (TPSA) is 52.0 Å². The average Bonchev–Trinajstić information content (AvgIpc) is 2.89. The highest BCUT2D eigenvalue weighted by molar-refractivity contribution is 5.36. The summed E-state index contributed by atoms with van der Waals surface area (Å²) in [4.78, 5) is 0. The van der Waals surface area contributed by atoms with Gasteiger partial charge in [-0.25, -0.2) is 4.39 Å². The fraction of sp³-hybridized carbons (Fsp3) is 0.467. The van der Waals surface area contributed by atoms with Crippen molar-refractivity contribution in [2.24, 2.45) is 7.05 Å². The Kier molecular flexibility index (Phi) is 5.27. The van der Waals surface area contributed by atoms with E-state index in [1.807, 2.05) is 6.92 Å². The maximum atomic E-state index is 13.5. The molecule has 0 radical (unpaired) electrons. The van der Waals surface area contributed by atoms with Crippen molar-refractivity contribution >= 4 is 0 Å². The van der Waals surface area contributed by atoms with E-state index in [0.717, 1.165) is 24.2 Å². The van der Waals surface area contributed by atoms with Crippen LogP contribution < -0.4 is 10.1 Å². The third kappa shape index (κ3) is 4.26. The largest absolute Gasteiger partial charge is 0.487 e. The van der Waals surface area contributed by atoms with Crippen LogP contribution in [0.4, 0.5) is 4.39 Å². The molecule has 0 fully saturated rings. The second kappa shape index (κ2) is 7.17. The standard InChI is InChI=1S/C15H21FN4O/c1-4-7-17-11(2)14-8-12(16)5-6-15(14)21-10-13-9-20(3)19-18-13/h5-6,8-9,11,17H,4,7,10H2,1-3H3. The summed E-state index contributed by atoms with van der Waals surface area (Å²) in [6, 6.07) is 4.60. The van der Waals surface area contributed by atoms with E-state index >= 15 is 0 Å². The molecule has 1 N–H and O–H groups in total. The first-order valence-electron chi connectivity index (χ1n) is 7.11. The van der Waals surface area contributed by atoms with Crippen LogP contribution in [-0.4, -0.2) is 21.5 Å². The van der Waals surface area contributed by atoms with Crippen LogP contribution in [-0.2, 0) is 13.7 Å². The molecule has 0 saturated carbocycles. The van der Waals surface area contributed by atoms with Gasteiger partial charge < -0.3 is 10.1 Å². The van der Waals surface area contributed by atoms with Gasteiger partial charge in [-0.2, -0.15) is 0 Å². The highest BCUT2D eigenvalue weighted by Gasteiger charge is 2.13. The lowest BCUT2D eigenvalue weighted by Gasteiger charge is -2.18. The normalized spacial score (nSPS) is 12.4. The van der Waals surface area contributed by atoms with Gasteiger partial charge in [0.15, 0.2) is 0 Å². The van der Waals surface area contributed by atoms with E-state index in [2.05, 4.69) is 22.6 Å². The number of nitrogens with one attached hydrogen (secondary N) is 1. The Morgan fingerprint density at radius 2 is 2.24 bits per heavy atom. The van der Waals surface area contributed by atoms with Gasteiger partial charge in [0.1, 0.15) is 23.9 Å². The minimum absolute atomic E-state index is 0.0255. The lowest BCUT2D eigenvalue weighted by molar-refractivity contribution is 0.294. The molecule has 0 bridgehead atoms. The smallest absolute Gasteiger partial charge is 0.134 e. The van der Waals surface area contributed by atoms with E-state index in [9.17, 15) is 4.39 Å². The molecule has 1 unspecified atom stereocenters. The van der Waals surface area contributed by atoms with Crippen LogP contribution >= 0.6 is 0 Å². The number of hydrogen-bond acceptors (Lipinski definition) is 4. The second-order valence-electron chi connectivity index (χ2n) is 5.03. The summed E-state index contributed by atoms with van der Waals surface area (Å²) >= 11 is 0. The van der Waals surface area contributed by atoms with Crippen molar-refractivity contribution in [3.05, 3.63) is 41.5 Å². The number of aromatic nitrogens is 3. The Bertz CT molecular complexity index is 585.